The Hall–Kier alpha value is -2.41. The molecule has 116 valence electrons. The number of carbonyl (C=O) groups excluding carboxylic acids is 2. The maximum atomic E-state index is 13.7. The standard InChI is InChI=1S/C16H10F2N2O2S/c17-9-1-4-11(5-2-9)20-14(21)8-23-16(20)12-7-10(18)3-6-13(12)19-15(16)22/h1-7H,8H2,(H,19,22). The Morgan fingerprint density at radius 2 is 1.74 bits per heavy atom. The molecule has 1 spiro atoms. The average Bonchev–Trinajstić information content (AvgIpc) is 3.01. The first kappa shape index (κ1) is 14.2. The van der Waals surface area contributed by atoms with Gasteiger partial charge in [0, 0.05) is 16.9 Å². The van der Waals surface area contributed by atoms with E-state index in [0.29, 0.717) is 16.9 Å². The van der Waals surface area contributed by atoms with Gasteiger partial charge in [0.2, 0.25) is 10.8 Å². The molecular weight excluding hydrogens is 322 g/mol. The van der Waals surface area contributed by atoms with Crippen LogP contribution >= 0.6 is 11.8 Å². The van der Waals surface area contributed by atoms with Gasteiger partial charge in [-0.3, -0.25) is 14.5 Å². The van der Waals surface area contributed by atoms with Gasteiger partial charge in [0.25, 0.3) is 5.91 Å². The summed E-state index contributed by atoms with van der Waals surface area (Å²) in [6.07, 6.45) is 0. The fourth-order valence-electron chi connectivity index (χ4n) is 2.99. The van der Waals surface area contributed by atoms with Gasteiger partial charge in [-0.2, -0.15) is 0 Å². The normalized spacial score (nSPS) is 22.6. The smallest absolute Gasteiger partial charge is 0.266 e. The molecule has 1 N–H and O–H groups in total. The highest BCUT2D eigenvalue weighted by atomic mass is 32.2. The van der Waals surface area contributed by atoms with E-state index >= 15 is 0 Å². The maximum absolute atomic E-state index is 13.7. The first-order chi connectivity index (χ1) is 11.0. The van der Waals surface area contributed by atoms with E-state index in [-0.39, 0.29) is 11.7 Å². The van der Waals surface area contributed by atoms with Gasteiger partial charge in [0.05, 0.1) is 5.75 Å². The van der Waals surface area contributed by atoms with Crippen LogP contribution < -0.4 is 10.2 Å². The second kappa shape index (κ2) is 4.79. The second-order valence-corrected chi connectivity index (χ2v) is 6.45. The number of hydrogen-bond donors (Lipinski definition) is 1. The number of benzene rings is 2. The Kier molecular flexibility index (Phi) is 2.96. The molecule has 23 heavy (non-hydrogen) atoms. The van der Waals surface area contributed by atoms with Gasteiger partial charge >= 0.3 is 0 Å². The molecule has 1 unspecified atom stereocenters. The molecule has 0 bridgehead atoms. The second-order valence-electron chi connectivity index (χ2n) is 5.28. The molecule has 1 fully saturated rings. The summed E-state index contributed by atoms with van der Waals surface area (Å²) >= 11 is 1.13. The molecule has 2 aliphatic rings. The summed E-state index contributed by atoms with van der Waals surface area (Å²) in [5.74, 6) is -1.53. The van der Waals surface area contributed by atoms with E-state index < -0.39 is 22.4 Å². The van der Waals surface area contributed by atoms with Crippen LogP contribution in [0.4, 0.5) is 20.2 Å². The fraction of sp³-hybridized carbons (Fsp3) is 0.125. The van der Waals surface area contributed by atoms with Crippen LogP contribution in [0.2, 0.25) is 0 Å². The average molecular weight is 332 g/mol. The number of rotatable bonds is 1. The summed E-state index contributed by atoms with van der Waals surface area (Å²) in [5.41, 5.74) is 1.28. The predicted molar refractivity (Wildman–Crippen MR) is 83.1 cm³/mol. The summed E-state index contributed by atoms with van der Waals surface area (Å²) < 4.78 is 26.9. The quantitative estimate of drug-likeness (QED) is 0.874. The number of fused-ring (bicyclic) bond motifs is 2. The number of nitrogens with zero attached hydrogens (tertiary/aromatic N) is 1. The van der Waals surface area contributed by atoms with Crippen molar-refractivity contribution in [2.75, 3.05) is 16.0 Å². The lowest BCUT2D eigenvalue weighted by Gasteiger charge is -2.32. The molecule has 0 saturated carbocycles. The van der Waals surface area contributed by atoms with Crippen LogP contribution in [0.3, 0.4) is 0 Å². The summed E-state index contributed by atoms with van der Waals surface area (Å²) in [5, 5.41) is 2.69. The molecule has 7 heteroatoms. The monoisotopic (exact) mass is 332 g/mol. The molecule has 4 nitrogen and oxygen atoms in total. The summed E-state index contributed by atoms with van der Waals surface area (Å²) in [6.45, 7) is 0. The third-order valence-corrected chi connectivity index (χ3v) is 5.35. The Labute approximate surface area is 134 Å². The molecule has 1 saturated heterocycles. The molecule has 2 aromatic rings. The van der Waals surface area contributed by atoms with Gasteiger partial charge in [-0.25, -0.2) is 8.78 Å². The van der Waals surface area contributed by atoms with Crippen molar-refractivity contribution in [3.63, 3.8) is 0 Å². The van der Waals surface area contributed by atoms with Gasteiger partial charge in [-0.1, -0.05) is 0 Å². The van der Waals surface area contributed by atoms with Gasteiger partial charge in [-0.05, 0) is 42.5 Å². The van der Waals surface area contributed by atoms with Crippen molar-refractivity contribution < 1.29 is 18.4 Å². The Balaban J connectivity index is 1.93. The number of amides is 2. The van der Waals surface area contributed by atoms with Crippen LogP contribution in [-0.4, -0.2) is 17.6 Å². The zero-order valence-electron chi connectivity index (χ0n) is 11.7. The third-order valence-electron chi connectivity index (χ3n) is 3.96. The van der Waals surface area contributed by atoms with Crippen molar-refractivity contribution in [2.24, 2.45) is 0 Å². The topological polar surface area (TPSA) is 49.4 Å². The van der Waals surface area contributed by atoms with Crippen LogP contribution in [-0.2, 0) is 14.5 Å². The van der Waals surface area contributed by atoms with Crippen molar-refractivity contribution in [3.8, 4) is 0 Å². The molecule has 2 aliphatic heterocycles. The lowest BCUT2D eigenvalue weighted by atomic mass is 10.0. The first-order valence-corrected chi connectivity index (χ1v) is 7.85. The minimum atomic E-state index is -1.35. The summed E-state index contributed by atoms with van der Waals surface area (Å²) in [4.78, 5) is 25.0. The van der Waals surface area contributed by atoms with Crippen LogP contribution in [0.5, 0.6) is 0 Å². The predicted octanol–water partition coefficient (Wildman–Crippen LogP) is 2.85. The lowest BCUT2D eigenvalue weighted by Crippen LogP contribution is -2.47. The van der Waals surface area contributed by atoms with Gasteiger partial charge in [-0.15, -0.1) is 11.8 Å². The molecule has 1 atom stereocenters. The summed E-state index contributed by atoms with van der Waals surface area (Å²) in [7, 11) is 0. The van der Waals surface area contributed by atoms with Crippen molar-refractivity contribution in [1.82, 2.24) is 0 Å². The number of anilines is 2. The van der Waals surface area contributed by atoms with E-state index in [1.807, 2.05) is 0 Å². The van der Waals surface area contributed by atoms with Crippen LogP contribution in [0.25, 0.3) is 0 Å². The van der Waals surface area contributed by atoms with E-state index in [1.165, 1.54) is 47.4 Å². The zero-order valence-corrected chi connectivity index (χ0v) is 12.5. The van der Waals surface area contributed by atoms with E-state index in [1.54, 1.807) is 0 Å². The zero-order chi connectivity index (χ0) is 16.2. The van der Waals surface area contributed by atoms with Crippen LogP contribution in [0, 0.1) is 11.6 Å². The van der Waals surface area contributed by atoms with Crippen molar-refractivity contribution in [1.29, 1.82) is 0 Å². The Morgan fingerprint density at radius 3 is 2.48 bits per heavy atom. The molecule has 0 radical (unpaired) electrons. The first-order valence-electron chi connectivity index (χ1n) is 6.86. The van der Waals surface area contributed by atoms with Gasteiger partial charge < -0.3 is 5.32 Å². The van der Waals surface area contributed by atoms with E-state index in [2.05, 4.69) is 5.32 Å². The SMILES string of the molecule is O=C1CSC2(C(=O)Nc3ccc(F)cc32)N1c1ccc(F)cc1. The summed E-state index contributed by atoms with van der Waals surface area (Å²) in [6, 6.07) is 9.30. The van der Waals surface area contributed by atoms with E-state index in [0.717, 1.165) is 11.8 Å². The highest BCUT2D eigenvalue weighted by Crippen LogP contribution is 2.53. The van der Waals surface area contributed by atoms with E-state index in [9.17, 15) is 18.4 Å². The number of nitrogens with one attached hydrogen (secondary N) is 1. The maximum Gasteiger partial charge on any atom is 0.266 e. The number of halogens is 2. The number of thioether (sulfide) groups is 1. The lowest BCUT2D eigenvalue weighted by molar-refractivity contribution is -0.122. The molecule has 0 aliphatic carbocycles. The molecule has 4 rings (SSSR count). The molecule has 2 amide bonds. The minimum Gasteiger partial charge on any atom is -0.323 e. The largest absolute Gasteiger partial charge is 0.323 e. The molecule has 2 aromatic carbocycles. The fourth-order valence-corrected chi connectivity index (χ4v) is 4.29. The highest BCUT2D eigenvalue weighted by molar-refractivity contribution is 8.02. The van der Waals surface area contributed by atoms with Gasteiger partial charge in [0.15, 0.2) is 0 Å². The highest BCUT2D eigenvalue weighted by Gasteiger charge is 2.58. The number of hydrogen-bond acceptors (Lipinski definition) is 3. The number of carbonyl (C=O) groups is 2. The van der Waals surface area contributed by atoms with Crippen LogP contribution in [0.15, 0.2) is 42.5 Å². The Morgan fingerprint density at radius 1 is 1.04 bits per heavy atom. The van der Waals surface area contributed by atoms with Crippen molar-refractivity contribution >= 4 is 35.0 Å². The molecular formula is C16H10F2N2O2S. The van der Waals surface area contributed by atoms with E-state index in [4.69, 9.17) is 0 Å². The Bertz CT molecular complexity index is 840. The van der Waals surface area contributed by atoms with Crippen molar-refractivity contribution in [2.45, 2.75) is 4.87 Å². The molecule has 2 heterocycles. The van der Waals surface area contributed by atoms with Gasteiger partial charge in [0.1, 0.15) is 11.6 Å². The van der Waals surface area contributed by atoms with Crippen molar-refractivity contribution in [3.05, 3.63) is 59.7 Å². The third kappa shape index (κ3) is 1.89. The van der Waals surface area contributed by atoms with Crippen LogP contribution in [0.1, 0.15) is 5.56 Å². The minimum absolute atomic E-state index is 0.0841. The molecule has 0 aromatic heterocycles.